The van der Waals surface area contributed by atoms with Crippen LogP contribution < -0.4 is 15.4 Å². The first-order valence-electron chi connectivity index (χ1n) is 12.3. The van der Waals surface area contributed by atoms with Gasteiger partial charge >= 0.3 is 12.1 Å². The summed E-state index contributed by atoms with van der Waals surface area (Å²) in [6, 6.07) is 24.7. The summed E-state index contributed by atoms with van der Waals surface area (Å²) in [6.45, 7) is -0.658. The van der Waals surface area contributed by atoms with Gasteiger partial charge in [0.15, 0.2) is 6.61 Å². The summed E-state index contributed by atoms with van der Waals surface area (Å²) in [5, 5.41) is 7.15. The summed E-state index contributed by atoms with van der Waals surface area (Å²) in [5.41, 5.74) is -0.420. The molecule has 4 rings (SSSR count). The average Bonchev–Trinajstić information content (AvgIpc) is 2.92. The topological polar surface area (TPSA) is 93.7 Å². The van der Waals surface area contributed by atoms with Gasteiger partial charge in [0.1, 0.15) is 11.5 Å². The van der Waals surface area contributed by atoms with Gasteiger partial charge < -0.3 is 20.1 Å². The number of halogens is 3. The Morgan fingerprint density at radius 3 is 2.12 bits per heavy atom. The molecule has 0 bridgehead atoms. The number of ether oxygens (including phenoxy) is 2. The second-order valence-corrected chi connectivity index (χ2v) is 8.82. The number of amides is 2. The van der Waals surface area contributed by atoms with Gasteiger partial charge in [-0.1, -0.05) is 36.4 Å². The Bertz CT molecular complexity index is 1500. The molecule has 0 fully saturated rings. The van der Waals surface area contributed by atoms with Crippen LogP contribution in [-0.2, 0) is 25.3 Å². The van der Waals surface area contributed by atoms with Gasteiger partial charge in [-0.15, -0.1) is 0 Å². The standard InChI is InChI=1S/C30H25F3N2O5/c31-30(32,33)22-7-3-8-24(18-22)35-28(37)19-39-29(38)10-4-9-27(36)34-23-12-15-25(16-13-23)40-26-14-11-20-5-1-2-6-21(20)17-26/h1-3,5-8,11-18H,4,9-10,19H2,(H,34,36)(H,35,37). The van der Waals surface area contributed by atoms with Crippen LogP contribution in [0.5, 0.6) is 11.5 Å². The van der Waals surface area contributed by atoms with Crippen LogP contribution in [0.3, 0.4) is 0 Å². The Labute approximate surface area is 227 Å². The third-order valence-electron chi connectivity index (χ3n) is 5.72. The van der Waals surface area contributed by atoms with Gasteiger partial charge in [0.05, 0.1) is 5.56 Å². The molecule has 0 heterocycles. The van der Waals surface area contributed by atoms with Crippen molar-refractivity contribution in [2.45, 2.75) is 25.4 Å². The van der Waals surface area contributed by atoms with E-state index in [0.29, 0.717) is 17.2 Å². The minimum absolute atomic E-state index is 0.0425. The fraction of sp³-hybridized carbons (Fsp3) is 0.167. The van der Waals surface area contributed by atoms with Crippen molar-refractivity contribution in [3.63, 3.8) is 0 Å². The predicted molar refractivity (Wildman–Crippen MR) is 144 cm³/mol. The number of rotatable bonds is 10. The summed E-state index contributed by atoms with van der Waals surface area (Å²) < 4.78 is 49.0. The predicted octanol–water partition coefficient (Wildman–Crippen LogP) is 6.94. The van der Waals surface area contributed by atoms with E-state index in [9.17, 15) is 27.6 Å². The lowest BCUT2D eigenvalue weighted by Crippen LogP contribution is -2.21. The number of esters is 1. The Balaban J connectivity index is 1.14. The van der Waals surface area contributed by atoms with E-state index in [0.717, 1.165) is 29.0 Å². The second kappa shape index (κ2) is 12.8. The molecule has 0 saturated heterocycles. The van der Waals surface area contributed by atoms with Crippen LogP contribution in [-0.4, -0.2) is 24.4 Å². The molecule has 0 spiro atoms. The molecule has 0 aromatic heterocycles. The summed E-state index contributed by atoms with van der Waals surface area (Å²) >= 11 is 0. The largest absolute Gasteiger partial charge is 0.457 e. The number of alkyl halides is 3. The average molecular weight is 551 g/mol. The monoisotopic (exact) mass is 550 g/mol. The molecule has 206 valence electrons. The van der Waals surface area contributed by atoms with E-state index < -0.39 is 30.2 Å². The molecule has 0 atom stereocenters. The highest BCUT2D eigenvalue weighted by atomic mass is 19.4. The highest BCUT2D eigenvalue weighted by molar-refractivity contribution is 5.93. The van der Waals surface area contributed by atoms with Crippen LogP contribution in [0.25, 0.3) is 10.8 Å². The molecule has 4 aromatic carbocycles. The van der Waals surface area contributed by atoms with Gasteiger partial charge in [0.2, 0.25) is 5.91 Å². The lowest BCUT2D eigenvalue weighted by Gasteiger charge is -2.10. The maximum Gasteiger partial charge on any atom is 0.416 e. The van der Waals surface area contributed by atoms with Crippen LogP contribution in [0.15, 0.2) is 91.0 Å². The van der Waals surface area contributed by atoms with Crippen molar-refractivity contribution >= 4 is 39.9 Å². The number of hydrogen-bond donors (Lipinski definition) is 2. The molecule has 40 heavy (non-hydrogen) atoms. The van der Waals surface area contributed by atoms with Crippen molar-refractivity contribution in [1.82, 2.24) is 0 Å². The molecule has 10 heteroatoms. The Morgan fingerprint density at radius 1 is 0.675 bits per heavy atom. The lowest BCUT2D eigenvalue weighted by atomic mass is 10.1. The zero-order chi connectivity index (χ0) is 28.5. The Kier molecular flexibility index (Phi) is 9.00. The van der Waals surface area contributed by atoms with Crippen LogP contribution >= 0.6 is 0 Å². The molecular formula is C30H25F3N2O5. The molecule has 0 aliphatic carbocycles. The first-order chi connectivity index (χ1) is 19.2. The number of nitrogens with one attached hydrogen (secondary N) is 2. The van der Waals surface area contributed by atoms with Gasteiger partial charge in [-0.25, -0.2) is 0 Å². The number of carbonyl (C=O) groups excluding carboxylic acids is 3. The zero-order valence-electron chi connectivity index (χ0n) is 21.2. The normalized spacial score (nSPS) is 11.1. The Morgan fingerprint density at radius 2 is 1.38 bits per heavy atom. The molecule has 0 radical (unpaired) electrons. The molecular weight excluding hydrogens is 525 g/mol. The van der Waals surface area contributed by atoms with Crippen molar-refractivity contribution in [3.8, 4) is 11.5 Å². The van der Waals surface area contributed by atoms with Gasteiger partial charge in [-0.2, -0.15) is 13.2 Å². The first-order valence-corrected chi connectivity index (χ1v) is 12.3. The highest BCUT2D eigenvalue weighted by Crippen LogP contribution is 2.30. The molecule has 2 amide bonds. The summed E-state index contributed by atoms with van der Waals surface area (Å²) in [7, 11) is 0. The van der Waals surface area contributed by atoms with Crippen molar-refractivity contribution in [3.05, 3.63) is 96.6 Å². The van der Waals surface area contributed by atoms with E-state index in [4.69, 9.17) is 9.47 Å². The van der Waals surface area contributed by atoms with Crippen molar-refractivity contribution in [1.29, 1.82) is 0 Å². The van der Waals surface area contributed by atoms with E-state index in [1.165, 1.54) is 6.07 Å². The van der Waals surface area contributed by atoms with E-state index in [1.807, 2.05) is 42.5 Å². The number of hydrogen-bond acceptors (Lipinski definition) is 5. The molecule has 2 N–H and O–H groups in total. The number of anilines is 2. The molecule has 0 aliphatic heterocycles. The van der Waals surface area contributed by atoms with Crippen LogP contribution in [0.4, 0.5) is 24.5 Å². The van der Waals surface area contributed by atoms with E-state index in [2.05, 4.69) is 10.6 Å². The maximum atomic E-state index is 12.8. The smallest absolute Gasteiger partial charge is 0.416 e. The molecule has 7 nitrogen and oxygen atoms in total. The molecule has 0 unspecified atom stereocenters. The summed E-state index contributed by atoms with van der Waals surface area (Å²) in [6.07, 6.45) is -4.43. The van der Waals surface area contributed by atoms with E-state index >= 15 is 0 Å². The van der Waals surface area contributed by atoms with E-state index in [-0.39, 0.29) is 30.9 Å². The minimum atomic E-state index is -4.55. The Hall–Kier alpha value is -4.86. The van der Waals surface area contributed by atoms with Gasteiger partial charge in [-0.05, 0) is 71.8 Å². The fourth-order valence-corrected chi connectivity index (χ4v) is 3.78. The molecule has 0 aliphatic rings. The number of benzene rings is 4. The van der Waals surface area contributed by atoms with Gasteiger partial charge in [0.25, 0.3) is 5.91 Å². The first kappa shape index (κ1) is 28.2. The van der Waals surface area contributed by atoms with Gasteiger partial charge in [-0.3, -0.25) is 14.4 Å². The number of carbonyl (C=O) groups is 3. The van der Waals surface area contributed by atoms with Crippen molar-refractivity contribution in [2.75, 3.05) is 17.2 Å². The molecule has 0 saturated carbocycles. The zero-order valence-corrected chi connectivity index (χ0v) is 21.2. The van der Waals surface area contributed by atoms with Crippen LogP contribution in [0, 0.1) is 0 Å². The van der Waals surface area contributed by atoms with Crippen LogP contribution in [0.2, 0.25) is 0 Å². The van der Waals surface area contributed by atoms with E-state index in [1.54, 1.807) is 24.3 Å². The minimum Gasteiger partial charge on any atom is -0.457 e. The summed E-state index contributed by atoms with van der Waals surface area (Å²) in [5.74, 6) is -0.498. The number of fused-ring (bicyclic) bond motifs is 1. The highest BCUT2D eigenvalue weighted by Gasteiger charge is 2.30. The van der Waals surface area contributed by atoms with Crippen LogP contribution in [0.1, 0.15) is 24.8 Å². The van der Waals surface area contributed by atoms with Crippen molar-refractivity contribution < 1.29 is 37.0 Å². The second-order valence-electron chi connectivity index (χ2n) is 8.82. The van der Waals surface area contributed by atoms with Crippen molar-refractivity contribution in [2.24, 2.45) is 0 Å². The maximum absolute atomic E-state index is 12.8. The quantitative estimate of drug-likeness (QED) is 0.209. The lowest BCUT2D eigenvalue weighted by molar-refractivity contribution is -0.147. The van der Waals surface area contributed by atoms with Gasteiger partial charge in [0, 0.05) is 24.2 Å². The molecule has 4 aromatic rings. The third kappa shape index (κ3) is 8.32. The summed E-state index contributed by atoms with van der Waals surface area (Å²) in [4.78, 5) is 36.0. The third-order valence-corrected chi connectivity index (χ3v) is 5.72. The SMILES string of the molecule is O=C(CCCC(=O)OCC(=O)Nc1cccc(C(F)(F)F)c1)Nc1ccc(Oc2ccc3ccccc3c2)cc1. The fourth-order valence-electron chi connectivity index (χ4n) is 3.78.